The topological polar surface area (TPSA) is 74.3 Å². The van der Waals surface area contributed by atoms with Crippen LogP contribution < -0.4 is 10.6 Å². The number of ketones is 1. The number of anilines is 1. The van der Waals surface area contributed by atoms with E-state index in [9.17, 15) is 9.59 Å². The van der Waals surface area contributed by atoms with Gasteiger partial charge in [-0.15, -0.1) is 0 Å². The van der Waals surface area contributed by atoms with Crippen molar-refractivity contribution in [2.24, 2.45) is 5.92 Å². The standard InChI is InChI=1S/C21H32N4O2/c1-16(26)14-25-13-5-7-18(15-25)21(27)23-11-3-2-8-19-10-9-17-6-4-12-22-20(17)24-19/h9-10,18H,2-8,11-15H2,1H3,(H,22,24)(H,23,27). The molecular formula is C21H32N4O2. The molecule has 0 aromatic carbocycles. The number of fused-ring (bicyclic) bond motifs is 1. The molecule has 3 rings (SSSR count). The lowest BCUT2D eigenvalue weighted by Crippen LogP contribution is -2.44. The summed E-state index contributed by atoms with van der Waals surface area (Å²) in [4.78, 5) is 30.5. The maximum absolute atomic E-state index is 12.4. The fourth-order valence-corrected chi connectivity index (χ4v) is 4.02. The van der Waals surface area contributed by atoms with E-state index < -0.39 is 0 Å². The molecule has 1 unspecified atom stereocenters. The molecular weight excluding hydrogens is 340 g/mol. The number of unbranched alkanes of at least 4 members (excludes halogenated alkanes) is 1. The summed E-state index contributed by atoms with van der Waals surface area (Å²) >= 11 is 0. The minimum absolute atomic E-state index is 0.0199. The molecule has 3 heterocycles. The molecule has 148 valence electrons. The van der Waals surface area contributed by atoms with Crippen molar-refractivity contribution in [3.05, 3.63) is 23.4 Å². The van der Waals surface area contributed by atoms with Gasteiger partial charge in [-0.25, -0.2) is 4.98 Å². The van der Waals surface area contributed by atoms with Crippen LogP contribution in [0.2, 0.25) is 0 Å². The summed E-state index contributed by atoms with van der Waals surface area (Å²) in [6.07, 6.45) is 7.14. The molecule has 0 spiro atoms. The predicted octanol–water partition coefficient (Wildman–Crippen LogP) is 2.18. The molecule has 1 fully saturated rings. The number of hydrogen-bond acceptors (Lipinski definition) is 5. The van der Waals surface area contributed by atoms with Crippen molar-refractivity contribution >= 4 is 17.5 Å². The molecule has 1 atom stereocenters. The Labute approximate surface area is 162 Å². The van der Waals surface area contributed by atoms with E-state index in [1.807, 2.05) is 0 Å². The van der Waals surface area contributed by atoms with E-state index in [1.54, 1.807) is 6.92 Å². The second-order valence-corrected chi connectivity index (χ2v) is 7.87. The summed E-state index contributed by atoms with van der Waals surface area (Å²) in [6, 6.07) is 4.33. The average molecular weight is 373 g/mol. The van der Waals surface area contributed by atoms with Crippen molar-refractivity contribution in [3.63, 3.8) is 0 Å². The van der Waals surface area contributed by atoms with Crippen molar-refractivity contribution in [1.29, 1.82) is 0 Å². The van der Waals surface area contributed by atoms with Crippen LogP contribution in [0, 0.1) is 5.92 Å². The number of carbonyl (C=O) groups is 2. The summed E-state index contributed by atoms with van der Waals surface area (Å²) in [6.45, 7) is 5.43. The first kappa shape index (κ1) is 19.8. The Kier molecular flexibility index (Phi) is 7.21. The predicted molar refractivity (Wildman–Crippen MR) is 107 cm³/mol. The third kappa shape index (κ3) is 6.03. The number of rotatable bonds is 8. The minimum Gasteiger partial charge on any atom is -0.370 e. The summed E-state index contributed by atoms with van der Waals surface area (Å²) in [5.41, 5.74) is 2.45. The van der Waals surface area contributed by atoms with Gasteiger partial charge in [0, 0.05) is 25.3 Å². The van der Waals surface area contributed by atoms with Crippen LogP contribution in [-0.4, -0.2) is 54.3 Å². The fourth-order valence-electron chi connectivity index (χ4n) is 4.02. The maximum atomic E-state index is 12.4. The Morgan fingerprint density at radius 3 is 3.04 bits per heavy atom. The lowest BCUT2D eigenvalue weighted by Gasteiger charge is -2.31. The van der Waals surface area contributed by atoms with Gasteiger partial charge in [0.05, 0.1) is 12.5 Å². The first-order valence-corrected chi connectivity index (χ1v) is 10.3. The number of nitrogens with zero attached hydrogens (tertiary/aromatic N) is 2. The lowest BCUT2D eigenvalue weighted by atomic mass is 9.97. The number of amides is 1. The second-order valence-electron chi connectivity index (χ2n) is 7.87. The van der Waals surface area contributed by atoms with Gasteiger partial charge in [0.25, 0.3) is 0 Å². The van der Waals surface area contributed by atoms with E-state index in [0.717, 1.165) is 63.1 Å². The summed E-state index contributed by atoms with van der Waals surface area (Å²) < 4.78 is 0. The molecule has 1 amide bonds. The average Bonchev–Trinajstić information content (AvgIpc) is 2.67. The Bertz CT molecular complexity index is 662. The van der Waals surface area contributed by atoms with Crippen LogP contribution in [0.25, 0.3) is 0 Å². The van der Waals surface area contributed by atoms with E-state index in [2.05, 4.69) is 27.7 Å². The number of hydrogen-bond donors (Lipinski definition) is 2. The Morgan fingerprint density at radius 2 is 2.19 bits per heavy atom. The van der Waals surface area contributed by atoms with Crippen molar-refractivity contribution in [2.45, 2.75) is 51.9 Å². The molecule has 0 radical (unpaired) electrons. The van der Waals surface area contributed by atoms with Crippen molar-refractivity contribution in [2.75, 3.05) is 38.0 Å². The Hall–Kier alpha value is -1.95. The van der Waals surface area contributed by atoms with Crippen molar-refractivity contribution in [1.82, 2.24) is 15.2 Å². The van der Waals surface area contributed by atoms with E-state index in [0.29, 0.717) is 19.6 Å². The van der Waals surface area contributed by atoms with E-state index in [1.165, 1.54) is 12.0 Å². The van der Waals surface area contributed by atoms with E-state index in [4.69, 9.17) is 4.98 Å². The number of aryl methyl sites for hydroxylation is 2. The van der Waals surface area contributed by atoms with Gasteiger partial charge in [-0.1, -0.05) is 6.07 Å². The number of carbonyl (C=O) groups excluding carboxylic acids is 2. The zero-order valence-corrected chi connectivity index (χ0v) is 16.4. The van der Waals surface area contributed by atoms with Crippen LogP contribution in [0.5, 0.6) is 0 Å². The number of piperidine rings is 1. The highest BCUT2D eigenvalue weighted by Crippen LogP contribution is 2.20. The van der Waals surface area contributed by atoms with Crippen LogP contribution in [0.1, 0.15) is 50.3 Å². The Morgan fingerprint density at radius 1 is 1.30 bits per heavy atom. The van der Waals surface area contributed by atoms with Gasteiger partial charge in [-0.3, -0.25) is 14.5 Å². The molecule has 1 aromatic heterocycles. The van der Waals surface area contributed by atoms with E-state index >= 15 is 0 Å². The molecule has 2 aliphatic rings. The molecule has 1 aromatic rings. The molecule has 0 bridgehead atoms. The number of Topliss-reactive ketones (excluding diaryl/α,β-unsaturated/α-hetero) is 1. The molecule has 2 N–H and O–H groups in total. The minimum atomic E-state index is 0.0199. The zero-order chi connectivity index (χ0) is 19.1. The number of nitrogens with one attached hydrogen (secondary N) is 2. The zero-order valence-electron chi connectivity index (χ0n) is 16.4. The lowest BCUT2D eigenvalue weighted by molar-refractivity contribution is -0.128. The third-order valence-electron chi connectivity index (χ3n) is 5.43. The summed E-state index contributed by atoms with van der Waals surface area (Å²) in [7, 11) is 0. The molecule has 1 saturated heterocycles. The quantitative estimate of drug-likeness (QED) is 0.684. The van der Waals surface area contributed by atoms with Gasteiger partial charge in [0.15, 0.2) is 0 Å². The van der Waals surface area contributed by atoms with Gasteiger partial charge < -0.3 is 10.6 Å². The highest BCUT2D eigenvalue weighted by molar-refractivity contribution is 5.79. The first-order chi connectivity index (χ1) is 13.1. The van der Waals surface area contributed by atoms with Crippen LogP contribution in [0.4, 0.5) is 5.82 Å². The van der Waals surface area contributed by atoms with Crippen LogP contribution >= 0.6 is 0 Å². The molecule has 0 saturated carbocycles. The summed E-state index contributed by atoms with van der Waals surface area (Å²) in [5.74, 6) is 1.38. The van der Waals surface area contributed by atoms with Gasteiger partial charge >= 0.3 is 0 Å². The van der Waals surface area contributed by atoms with Crippen molar-refractivity contribution < 1.29 is 9.59 Å². The molecule has 27 heavy (non-hydrogen) atoms. The molecule has 0 aliphatic carbocycles. The smallest absolute Gasteiger partial charge is 0.224 e. The van der Waals surface area contributed by atoms with Gasteiger partial charge in [-0.05, 0) is 70.0 Å². The van der Waals surface area contributed by atoms with Crippen molar-refractivity contribution in [3.8, 4) is 0 Å². The Balaban J connectivity index is 1.34. The molecule has 6 nitrogen and oxygen atoms in total. The van der Waals surface area contributed by atoms with Gasteiger partial charge in [-0.2, -0.15) is 0 Å². The third-order valence-corrected chi connectivity index (χ3v) is 5.43. The molecule has 6 heteroatoms. The van der Waals surface area contributed by atoms with Crippen LogP contribution in [-0.2, 0) is 22.4 Å². The van der Waals surface area contributed by atoms with Crippen LogP contribution in [0.3, 0.4) is 0 Å². The maximum Gasteiger partial charge on any atom is 0.224 e. The van der Waals surface area contributed by atoms with Crippen LogP contribution in [0.15, 0.2) is 12.1 Å². The van der Waals surface area contributed by atoms with Gasteiger partial charge in [0.1, 0.15) is 11.6 Å². The monoisotopic (exact) mass is 372 g/mol. The SMILES string of the molecule is CC(=O)CN1CCCC(C(=O)NCCCCc2ccc3c(n2)NCCC3)C1. The highest BCUT2D eigenvalue weighted by Gasteiger charge is 2.25. The fraction of sp³-hybridized carbons (Fsp3) is 0.667. The number of pyridine rings is 1. The summed E-state index contributed by atoms with van der Waals surface area (Å²) in [5, 5.41) is 6.46. The first-order valence-electron chi connectivity index (χ1n) is 10.3. The number of aromatic nitrogens is 1. The molecule has 2 aliphatic heterocycles. The van der Waals surface area contributed by atoms with E-state index in [-0.39, 0.29) is 17.6 Å². The second kappa shape index (κ2) is 9.83. The highest BCUT2D eigenvalue weighted by atomic mass is 16.2. The normalized spacial score (nSPS) is 19.8. The largest absolute Gasteiger partial charge is 0.370 e. The number of likely N-dealkylation sites (tertiary alicyclic amines) is 1. The van der Waals surface area contributed by atoms with Gasteiger partial charge in [0.2, 0.25) is 5.91 Å².